The van der Waals surface area contributed by atoms with Crippen LogP contribution in [0.3, 0.4) is 0 Å². The van der Waals surface area contributed by atoms with Crippen LogP contribution in [-0.2, 0) is 17.5 Å². The van der Waals surface area contributed by atoms with E-state index >= 15 is 0 Å². The van der Waals surface area contributed by atoms with Crippen LogP contribution < -0.4 is 10.8 Å². The minimum Gasteiger partial charge on any atom is -0.380 e. The lowest BCUT2D eigenvalue weighted by molar-refractivity contribution is -0.137. The van der Waals surface area contributed by atoms with Gasteiger partial charge in [0.25, 0.3) is 5.91 Å². The Morgan fingerprint density at radius 1 is 1.14 bits per heavy atom. The number of hydroxylamine groups is 1. The van der Waals surface area contributed by atoms with Gasteiger partial charge >= 0.3 is 6.18 Å². The van der Waals surface area contributed by atoms with E-state index in [-0.39, 0.29) is 0 Å². The smallest absolute Gasteiger partial charge is 0.380 e. The Kier molecular flexibility index (Phi) is 5.99. The number of benzene rings is 2. The van der Waals surface area contributed by atoms with Crippen LogP contribution in [0.2, 0.25) is 0 Å². The third-order valence-electron chi connectivity index (χ3n) is 4.16. The lowest BCUT2D eigenvalue weighted by Crippen LogP contribution is -2.14. The van der Waals surface area contributed by atoms with E-state index in [1.54, 1.807) is 24.4 Å². The average molecular weight is 402 g/mol. The van der Waals surface area contributed by atoms with Gasteiger partial charge in [-0.2, -0.15) is 18.3 Å². The summed E-state index contributed by atoms with van der Waals surface area (Å²) in [5.74, 6) is -0.653. The van der Waals surface area contributed by atoms with Crippen molar-refractivity contribution in [3.05, 3.63) is 77.5 Å². The van der Waals surface area contributed by atoms with Gasteiger partial charge in [0.05, 0.1) is 11.3 Å². The van der Waals surface area contributed by atoms with Crippen LogP contribution in [0.25, 0.3) is 17.3 Å². The topological polar surface area (TPSA) is 90.0 Å². The molecule has 1 heterocycles. The van der Waals surface area contributed by atoms with Crippen molar-refractivity contribution in [1.82, 2.24) is 15.7 Å². The van der Waals surface area contributed by atoms with Crippen LogP contribution in [0.5, 0.6) is 0 Å². The first-order valence-corrected chi connectivity index (χ1v) is 8.54. The number of amides is 1. The van der Waals surface area contributed by atoms with Crippen LogP contribution in [-0.4, -0.2) is 21.3 Å². The summed E-state index contributed by atoms with van der Waals surface area (Å²) in [6.07, 6.45) is 0.00232. The molecule has 1 aromatic heterocycles. The molecule has 6 nitrogen and oxygen atoms in total. The Balaban J connectivity index is 1.77. The van der Waals surface area contributed by atoms with Gasteiger partial charge in [0.1, 0.15) is 0 Å². The van der Waals surface area contributed by atoms with Crippen LogP contribution in [0, 0.1) is 0 Å². The molecule has 0 aliphatic heterocycles. The first-order valence-electron chi connectivity index (χ1n) is 8.54. The third kappa shape index (κ3) is 5.02. The number of carbonyl (C=O) groups is 1. The van der Waals surface area contributed by atoms with E-state index in [2.05, 4.69) is 15.5 Å². The SMILES string of the molecule is O=C(/C=C/c1ccccc1NCc1c[nH]nc1-c1ccc(C(F)(F)F)cc1)NO. The van der Waals surface area contributed by atoms with Gasteiger partial charge in [0, 0.05) is 35.6 Å². The molecule has 0 spiro atoms. The van der Waals surface area contributed by atoms with E-state index in [4.69, 9.17) is 5.21 Å². The molecule has 0 saturated heterocycles. The normalized spacial score (nSPS) is 11.6. The number of hydrogen-bond acceptors (Lipinski definition) is 4. The quantitative estimate of drug-likeness (QED) is 0.282. The summed E-state index contributed by atoms with van der Waals surface area (Å²) in [5.41, 5.74) is 4.11. The van der Waals surface area contributed by atoms with Gasteiger partial charge in [-0.1, -0.05) is 30.3 Å². The number of halogens is 3. The summed E-state index contributed by atoms with van der Waals surface area (Å²) in [6.45, 7) is 0.351. The first kappa shape index (κ1) is 20.2. The molecule has 0 radical (unpaired) electrons. The molecule has 0 fully saturated rings. The molecule has 0 saturated carbocycles. The number of anilines is 1. The van der Waals surface area contributed by atoms with Gasteiger partial charge in [-0.15, -0.1) is 0 Å². The van der Waals surface area contributed by atoms with Crippen LogP contribution in [0.4, 0.5) is 18.9 Å². The number of para-hydroxylation sites is 1. The number of H-pyrrole nitrogens is 1. The van der Waals surface area contributed by atoms with Gasteiger partial charge in [-0.05, 0) is 29.8 Å². The fourth-order valence-corrected chi connectivity index (χ4v) is 2.71. The minimum absolute atomic E-state index is 0.351. The molecular weight excluding hydrogens is 385 g/mol. The second-order valence-corrected chi connectivity index (χ2v) is 6.08. The van der Waals surface area contributed by atoms with Crippen LogP contribution in [0.15, 0.2) is 60.8 Å². The maximum atomic E-state index is 12.7. The molecule has 3 rings (SSSR count). The van der Waals surface area contributed by atoms with Gasteiger partial charge in [-0.25, -0.2) is 5.48 Å². The predicted octanol–water partition coefficient (Wildman–Crippen LogP) is 4.23. The number of alkyl halides is 3. The van der Waals surface area contributed by atoms with E-state index in [9.17, 15) is 18.0 Å². The highest BCUT2D eigenvalue weighted by atomic mass is 19.4. The number of nitrogens with one attached hydrogen (secondary N) is 3. The molecule has 4 N–H and O–H groups in total. The fourth-order valence-electron chi connectivity index (χ4n) is 2.71. The first-order chi connectivity index (χ1) is 13.9. The Bertz CT molecular complexity index is 1010. The largest absolute Gasteiger partial charge is 0.416 e. The second kappa shape index (κ2) is 8.61. The van der Waals surface area contributed by atoms with Crippen molar-refractivity contribution in [2.24, 2.45) is 0 Å². The van der Waals surface area contributed by atoms with Crippen LogP contribution in [0.1, 0.15) is 16.7 Å². The zero-order chi connectivity index (χ0) is 20.9. The monoisotopic (exact) mass is 402 g/mol. The molecule has 150 valence electrons. The molecule has 0 bridgehead atoms. The number of aromatic amines is 1. The van der Waals surface area contributed by atoms with E-state index in [0.29, 0.717) is 17.8 Å². The molecule has 0 unspecified atom stereocenters. The maximum absolute atomic E-state index is 12.7. The van der Waals surface area contributed by atoms with E-state index < -0.39 is 17.6 Å². The van der Waals surface area contributed by atoms with Gasteiger partial charge < -0.3 is 5.32 Å². The average Bonchev–Trinajstić information content (AvgIpc) is 3.19. The molecule has 1 amide bonds. The maximum Gasteiger partial charge on any atom is 0.416 e. The zero-order valence-corrected chi connectivity index (χ0v) is 15.0. The number of carbonyl (C=O) groups excluding carboxylic acids is 1. The van der Waals surface area contributed by atoms with E-state index in [1.165, 1.54) is 23.7 Å². The van der Waals surface area contributed by atoms with Crippen molar-refractivity contribution in [2.75, 3.05) is 5.32 Å². The predicted molar refractivity (Wildman–Crippen MR) is 102 cm³/mol. The van der Waals surface area contributed by atoms with Crippen molar-refractivity contribution in [1.29, 1.82) is 0 Å². The Hall–Kier alpha value is -3.59. The van der Waals surface area contributed by atoms with Gasteiger partial charge in [0.2, 0.25) is 0 Å². The van der Waals surface area contributed by atoms with Gasteiger partial charge in [-0.3, -0.25) is 15.1 Å². The lowest BCUT2D eigenvalue weighted by Gasteiger charge is -2.10. The van der Waals surface area contributed by atoms with Crippen LogP contribution >= 0.6 is 0 Å². The summed E-state index contributed by atoms with van der Waals surface area (Å²) < 4.78 is 38.2. The van der Waals surface area contributed by atoms with Gasteiger partial charge in [0.15, 0.2) is 0 Å². The van der Waals surface area contributed by atoms with Crippen molar-refractivity contribution < 1.29 is 23.2 Å². The van der Waals surface area contributed by atoms with Crippen molar-refractivity contribution in [3.63, 3.8) is 0 Å². The summed E-state index contributed by atoms with van der Waals surface area (Å²) in [4.78, 5) is 11.2. The Morgan fingerprint density at radius 3 is 2.55 bits per heavy atom. The summed E-state index contributed by atoms with van der Waals surface area (Å²) in [7, 11) is 0. The Morgan fingerprint density at radius 2 is 1.86 bits per heavy atom. The Labute approximate surface area is 164 Å². The number of hydrogen-bond donors (Lipinski definition) is 4. The number of aromatic nitrogens is 2. The van der Waals surface area contributed by atoms with E-state index in [0.717, 1.165) is 28.9 Å². The minimum atomic E-state index is -4.39. The second-order valence-electron chi connectivity index (χ2n) is 6.08. The van der Waals surface area contributed by atoms with Crippen molar-refractivity contribution >= 4 is 17.7 Å². The molecular formula is C20H17F3N4O2. The third-order valence-corrected chi connectivity index (χ3v) is 4.16. The molecule has 0 atom stereocenters. The number of nitrogens with zero attached hydrogens (tertiary/aromatic N) is 1. The number of rotatable bonds is 6. The van der Waals surface area contributed by atoms with Crippen molar-refractivity contribution in [3.8, 4) is 11.3 Å². The molecule has 9 heteroatoms. The molecule has 0 aliphatic carbocycles. The molecule has 29 heavy (non-hydrogen) atoms. The molecule has 3 aromatic rings. The highest BCUT2D eigenvalue weighted by Crippen LogP contribution is 2.31. The fraction of sp³-hybridized carbons (Fsp3) is 0.100. The highest BCUT2D eigenvalue weighted by Gasteiger charge is 2.30. The highest BCUT2D eigenvalue weighted by molar-refractivity contribution is 5.91. The van der Waals surface area contributed by atoms with E-state index in [1.807, 2.05) is 12.1 Å². The summed E-state index contributed by atoms with van der Waals surface area (Å²) >= 11 is 0. The summed E-state index contributed by atoms with van der Waals surface area (Å²) in [6, 6.07) is 12.0. The zero-order valence-electron chi connectivity index (χ0n) is 15.0. The summed E-state index contributed by atoms with van der Waals surface area (Å²) in [5, 5.41) is 18.7. The van der Waals surface area contributed by atoms with Crippen molar-refractivity contribution in [2.45, 2.75) is 12.7 Å². The standard InChI is InChI=1S/C20H17F3N4O2/c21-20(22,23)16-8-5-14(6-9-16)19-15(12-25-26-19)11-24-17-4-2-1-3-13(17)7-10-18(28)27-29/h1-10,12,24,29H,11H2,(H,25,26)(H,27,28)/b10-7+. The molecule has 0 aliphatic rings. The lowest BCUT2D eigenvalue weighted by atomic mass is 10.1. The molecule has 2 aromatic carbocycles.